The van der Waals surface area contributed by atoms with Gasteiger partial charge in [0, 0.05) is 25.2 Å². The number of carbonyl (C=O) groups is 1. The summed E-state index contributed by atoms with van der Waals surface area (Å²) < 4.78 is 30.6. The predicted molar refractivity (Wildman–Crippen MR) is 124 cm³/mol. The van der Waals surface area contributed by atoms with Gasteiger partial charge in [-0.3, -0.25) is 4.79 Å². The Morgan fingerprint density at radius 2 is 1.77 bits per heavy atom. The van der Waals surface area contributed by atoms with Crippen LogP contribution in [-0.2, 0) is 16.6 Å². The van der Waals surface area contributed by atoms with E-state index in [1.165, 1.54) is 34.2 Å². The Morgan fingerprint density at radius 1 is 1.10 bits per heavy atom. The van der Waals surface area contributed by atoms with E-state index in [0.29, 0.717) is 16.9 Å². The summed E-state index contributed by atoms with van der Waals surface area (Å²) in [6.45, 7) is 2.73. The second kappa shape index (κ2) is 9.06. The van der Waals surface area contributed by atoms with Gasteiger partial charge in [0.05, 0.1) is 15.1 Å². The van der Waals surface area contributed by atoms with Gasteiger partial charge in [-0.2, -0.15) is 9.30 Å². The van der Waals surface area contributed by atoms with Crippen molar-refractivity contribution in [3.8, 4) is 0 Å². The fourth-order valence-electron chi connectivity index (χ4n) is 4.14. The molecule has 6 nitrogen and oxygen atoms in total. The number of nitrogens with zero attached hydrogens (tertiary/aromatic N) is 3. The second-order valence-electron chi connectivity index (χ2n) is 7.85. The number of benzene rings is 2. The van der Waals surface area contributed by atoms with Crippen LogP contribution in [0.2, 0.25) is 0 Å². The molecule has 0 saturated heterocycles. The zero-order valence-corrected chi connectivity index (χ0v) is 19.5. The van der Waals surface area contributed by atoms with Gasteiger partial charge in [0.1, 0.15) is 0 Å². The van der Waals surface area contributed by atoms with Crippen LogP contribution in [0.5, 0.6) is 0 Å². The van der Waals surface area contributed by atoms with E-state index in [1.54, 1.807) is 19.2 Å². The van der Waals surface area contributed by atoms with Crippen molar-refractivity contribution in [1.82, 2.24) is 8.87 Å². The molecular weight excluding hydrogens is 430 g/mol. The molecule has 164 valence electrons. The zero-order valence-electron chi connectivity index (χ0n) is 17.8. The van der Waals surface area contributed by atoms with Crippen LogP contribution < -0.4 is 4.80 Å². The summed E-state index contributed by atoms with van der Waals surface area (Å²) in [5.74, 6) is -0.377. The summed E-state index contributed by atoms with van der Waals surface area (Å²) in [4.78, 5) is 17.9. The Morgan fingerprint density at radius 3 is 2.45 bits per heavy atom. The van der Waals surface area contributed by atoms with Crippen molar-refractivity contribution in [2.75, 3.05) is 7.05 Å². The van der Waals surface area contributed by atoms with Crippen LogP contribution >= 0.6 is 11.3 Å². The van der Waals surface area contributed by atoms with Crippen molar-refractivity contribution in [2.45, 2.75) is 56.5 Å². The molecular formula is C23H27N3O3S2. The van der Waals surface area contributed by atoms with E-state index in [2.05, 4.69) is 4.99 Å². The van der Waals surface area contributed by atoms with E-state index in [-0.39, 0.29) is 16.8 Å². The monoisotopic (exact) mass is 457 g/mol. The number of aromatic nitrogens is 1. The van der Waals surface area contributed by atoms with Gasteiger partial charge in [-0.15, -0.1) is 0 Å². The normalized spacial score (nSPS) is 16.3. The molecule has 0 radical (unpaired) electrons. The maximum atomic E-state index is 13.0. The predicted octanol–water partition coefficient (Wildman–Crippen LogP) is 4.42. The molecule has 1 aliphatic carbocycles. The standard InChI is InChI=1S/C23H27N3O3S2/c1-3-26-20-11-7-8-12-21(20)30-23(26)24-22(27)17-13-15-19(16-14-17)31(28,29)25(2)18-9-5-4-6-10-18/h7-8,11-16,18H,3-6,9-10H2,1-2H3. The molecule has 0 bridgehead atoms. The number of amides is 1. The van der Waals surface area contributed by atoms with Gasteiger partial charge in [0.25, 0.3) is 5.91 Å². The Bertz CT molecular complexity index is 1250. The molecule has 31 heavy (non-hydrogen) atoms. The molecule has 1 heterocycles. The van der Waals surface area contributed by atoms with Crippen molar-refractivity contribution in [1.29, 1.82) is 0 Å². The summed E-state index contributed by atoms with van der Waals surface area (Å²) in [7, 11) is -1.92. The maximum Gasteiger partial charge on any atom is 0.279 e. The van der Waals surface area contributed by atoms with Crippen LogP contribution in [0.3, 0.4) is 0 Å². The summed E-state index contributed by atoms with van der Waals surface area (Å²) in [6.07, 6.45) is 5.10. The summed E-state index contributed by atoms with van der Waals surface area (Å²) in [6, 6.07) is 14.1. The van der Waals surface area contributed by atoms with Gasteiger partial charge in [0.15, 0.2) is 4.80 Å². The number of fused-ring (bicyclic) bond motifs is 1. The number of hydrogen-bond acceptors (Lipinski definition) is 4. The van der Waals surface area contributed by atoms with Crippen LogP contribution in [0.25, 0.3) is 10.2 Å². The van der Waals surface area contributed by atoms with Crippen LogP contribution in [-0.4, -0.2) is 36.3 Å². The molecule has 0 aliphatic heterocycles. The van der Waals surface area contributed by atoms with Gasteiger partial charge in [-0.1, -0.05) is 42.7 Å². The molecule has 1 aromatic heterocycles. The van der Waals surface area contributed by atoms with Crippen LogP contribution in [0, 0.1) is 0 Å². The highest BCUT2D eigenvalue weighted by Gasteiger charge is 2.29. The maximum absolute atomic E-state index is 13.0. The highest BCUT2D eigenvalue weighted by molar-refractivity contribution is 7.89. The van der Waals surface area contributed by atoms with Gasteiger partial charge in [-0.05, 0) is 56.2 Å². The fraction of sp³-hybridized carbons (Fsp3) is 0.391. The van der Waals surface area contributed by atoms with Crippen molar-refractivity contribution < 1.29 is 13.2 Å². The van der Waals surface area contributed by atoms with E-state index >= 15 is 0 Å². The van der Waals surface area contributed by atoms with E-state index in [9.17, 15) is 13.2 Å². The Kier molecular flexibility index (Phi) is 6.41. The third-order valence-corrected chi connectivity index (χ3v) is 8.95. The molecule has 0 atom stereocenters. The third-order valence-electron chi connectivity index (χ3n) is 5.97. The minimum atomic E-state index is -3.58. The molecule has 0 unspecified atom stereocenters. The third kappa shape index (κ3) is 4.37. The fourth-order valence-corrected chi connectivity index (χ4v) is 6.65. The Balaban J connectivity index is 1.59. The highest BCUT2D eigenvalue weighted by Crippen LogP contribution is 2.26. The van der Waals surface area contributed by atoms with Gasteiger partial charge >= 0.3 is 0 Å². The first-order chi connectivity index (χ1) is 14.9. The van der Waals surface area contributed by atoms with E-state index in [4.69, 9.17) is 0 Å². The summed E-state index contributed by atoms with van der Waals surface area (Å²) in [5, 5.41) is 0. The number of thiazole rings is 1. The first-order valence-electron chi connectivity index (χ1n) is 10.7. The first kappa shape index (κ1) is 21.9. The van der Waals surface area contributed by atoms with Crippen LogP contribution in [0.4, 0.5) is 0 Å². The lowest BCUT2D eigenvalue weighted by molar-refractivity contribution is 0.0997. The number of sulfonamides is 1. The van der Waals surface area contributed by atoms with Crippen molar-refractivity contribution >= 4 is 37.5 Å². The van der Waals surface area contributed by atoms with Crippen LogP contribution in [0.15, 0.2) is 58.4 Å². The molecule has 3 aromatic rings. The lowest BCUT2D eigenvalue weighted by Crippen LogP contribution is -2.38. The molecule has 8 heteroatoms. The second-order valence-corrected chi connectivity index (χ2v) is 10.9. The number of rotatable bonds is 5. The van der Waals surface area contributed by atoms with E-state index < -0.39 is 10.0 Å². The number of aryl methyl sites for hydroxylation is 1. The van der Waals surface area contributed by atoms with Crippen molar-refractivity contribution in [2.24, 2.45) is 4.99 Å². The summed E-state index contributed by atoms with van der Waals surface area (Å²) >= 11 is 1.47. The average molecular weight is 458 g/mol. The molecule has 1 amide bonds. The number of para-hydroxylation sites is 1. The molecule has 0 N–H and O–H groups in total. The zero-order chi connectivity index (χ0) is 22.0. The lowest BCUT2D eigenvalue weighted by atomic mass is 9.96. The lowest BCUT2D eigenvalue weighted by Gasteiger charge is -2.30. The van der Waals surface area contributed by atoms with E-state index in [1.807, 2.05) is 35.8 Å². The quantitative estimate of drug-likeness (QED) is 0.569. The molecule has 1 aliphatic rings. The van der Waals surface area contributed by atoms with Crippen molar-refractivity contribution in [3.05, 3.63) is 58.9 Å². The number of carbonyl (C=O) groups excluding carboxylic acids is 1. The number of hydrogen-bond donors (Lipinski definition) is 0. The minimum absolute atomic E-state index is 0.0486. The topological polar surface area (TPSA) is 71.7 Å². The Labute approximate surface area is 186 Å². The molecule has 0 spiro atoms. The molecule has 1 saturated carbocycles. The highest BCUT2D eigenvalue weighted by atomic mass is 32.2. The molecule has 4 rings (SSSR count). The van der Waals surface area contributed by atoms with Crippen LogP contribution in [0.1, 0.15) is 49.4 Å². The van der Waals surface area contributed by atoms with Gasteiger partial charge in [-0.25, -0.2) is 8.42 Å². The van der Waals surface area contributed by atoms with E-state index in [0.717, 1.165) is 35.9 Å². The average Bonchev–Trinajstić information content (AvgIpc) is 3.16. The minimum Gasteiger partial charge on any atom is -0.317 e. The molecule has 1 fully saturated rings. The van der Waals surface area contributed by atoms with Gasteiger partial charge in [0.2, 0.25) is 10.0 Å². The first-order valence-corrected chi connectivity index (χ1v) is 12.9. The molecule has 2 aromatic carbocycles. The summed E-state index contributed by atoms with van der Waals surface area (Å²) in [5.41, 5.74) is 1.42. The largest absolute Gasteiger partial charge is 0.317 e. The SMILES string of the molecule is CCn1c(=NC(=O)c2ccc(S(=O)(=O)N(C)C3CCCCC3)cc2)sc2ccccc21. The van der Waals surface area contributed by atoms with Gasteiger partial charge < -0.3 is 4.57 Å². The smallest absolute Gasteiger partial charge is 0.279 e. The Hall–Kier alpha value is -2.29. The van der Waals surface area contributed by atoms with Crippen molar-refractivity contribution in [3.63, 3.8) is 0 Å².